The third kappa shape index (κ3) is 3.37. The zero-order chi connectivity index (χ0) is 12.1. The SMILES string of the molecule is CCC(Oc1cc(F)cc(Br)c1)/C(N)=N/O. The predicted octanol–water partition coefficient (Wildman–Crippen LogP) is 2.49. The number of ether oxygens (including phenoxy) is 1. The summed E-state index contributed by atoms with van der Waals surface area (Å²) < 4.78 is 19.0. The summed E-state index contributed by atoms with van der Waals surface area (Å²) in [5.41, 5.74) is 5.42. The van der Waals surface area contributed by atoms with Crippen LogP contribution in [0.3, 0.4) is 0 Å². The van der Waals surface area contributed by atoms with Crippen molar-refractivity contribution in [2.75, 3.05) is 0 Å². The summed E-state index contributed by atoms with van der Waals surface area (Å²) in [4.78, 5) is 0. The van der Waals surface area contributed by atoms with E-state index in [1.54, 1.807) is 6.07 Å². The van der Waals surface area contributed by atoms with E-state index in [-0.39, 0.29) is 5.84 Å². The monoisotopic (exact) mass is 290 g/mol. The number of amidine groups is 1. The molecule has 0 aliphatic carbocycles. The number of hydrogen-bond donors (Lipinski definition) is 2. The Kier molecular flexibility index (Phi) is 4.54. The minimum absolute atomic E-state index is 0.0390. The summed E-state index contributed by atoms with van der Waals surface area (Å²) in [6, 6.07) is 4.16. The molecule has 0 saturated heterocycles. The van der Waals surface area contributed by atoms with Crippen LogP contribution < -0.4 is 10.5 Å². The molecule has 0 aliphatic rings. The van der Waals surface area contributed by atoms with E-state index in [4.69, 9.17) is 15.7 Å². The highest BCUT2D eigenvalue weighted by Gasteiger charge is 2.14. The van der Waals surface area contributed by atoms with Crippen molar-refractivity contribution in [3.63, 3.8) is 0 Å². The average Bonchev–Trinajstić information content (AvgIpc) is 2.23. The Morgan fingerprint density at radius 1 is 1.62 bits per heavy atom. The van der Waals surface area contributed by atoms with E-state index in [0.717, 1.165) is 0 Å². The van der Waals surface area contributed by atoms with Crippen LogP contribution in [0.4, 0.5) is 4.39 Å². The summed E-state index contributed by atoms with van der Waals surface area (Å²) in [5.74, 6) is -0.132. The van der Waals surface area contributed by atoms with Crippen LogP contribution in [0.5, 0.6) is 5.75 Å². The molecule has 0 bridgehead atoms. The van der Waals surface area contributed by atoms with E-state index in [1.807, 2.05) is 6.92 Å². The molecule has 3 N–H and O–H groups in total. The Morgan fingerprint density at radius 3 is 2.81 bits per heavy atom. The van der Waals surface area contributed by atoms with Gasteiger partial charge in [-0.15, -0.1) is 0 Å². The van der Waals surface area contributed by atoms with Crippen molar-refractivity contribution in [1.29, 1.82) is 0 Å². The molecule has 1 unspecified atom stereocenters. The summed E-state index contributed by atoms with van der Waals surface area (Å²) in [5, 5.41) is 11.4. The number of benzene rings is 1. The lowest BCUT2D eigenvalue weighted by Gasteiger charge is -2.16. The van der Waals surface area contributed by atoms with Gasteiger partial charge in [0.2, 0.25) is 0 Å². The van der Waals surface area contributed by atoms with Gasteiger partial charge in [0.05, 0.1) is 0 Å². The lowest BCUT2D eigenvalue weighted by Crippen LogP contribution is -2.33. The van der Waals surface area contributed by atoms with Crippen LogP contribution in [0.1, 0.15) is 13.3 Å². The molecule has 88 valence electrons. The molecule has 0 aliphatic heterocycles. The highest BCUT2D eigenvalue weighted by Crippen LogP contribution is 2.22. The predicted molar refractivity (Wildman–Crippen MR) is 62.2 cm³/mol. The zero-order valence-corrected chi connectivity index (χ0v) is 10.2. The Balaban J connectivity index is 2.86. The van der Waals surface area contributed by atoms with Gasteiger partial charge in [0.1, 0.15) is 11.6 Å². The van der Waals surface area contributed by atoms with E-state index < -0.39 is 11.9 Å². The average molecular weight is 291 g/mol. The molecule has 16 heavy (non-hydrogen) atoms. The molecule has 4 nitrogen and oxygen atoms in total. The van der Waals surface area contributed by atoms with Crippen molar-refractivity contribution in [3.05, 3.63) is 28.5 Å². The normalized spacial score (nSPS) is 13.6. The van der Waals surface area contributed by atoms with Gasteiger partial charge in [-0.1, -0.05) is 28.0 Å². The Bertz CT molecular complexity index is 378. The van der Waals surface area contributed by atoms with Gasteiger partial charge >= 0.3 is 0 Å². The summed E-state index contributed by atoms with van der Waals surface area (Å²) in [6.45, 7) is 1.82. The molecular formula is C10H12BrFN2O2. The molecule has 0 heterocycles. The maximum Gasteiger partial charge on any atom is 0.180 e. The topological polar surface area (TPSA) is 67.8 Å². The number of hydrogen-bond acceptors (Lipinski definition) is 3. The number of nitrogens with two attached hydrogens (primary N) is 1. The molecule has 0 saturated carbocycles. The lowest BCUT2D eigenvalue weighted by molar-refractivity contribution is 0.245. The van der Waals surface area contributed by atoms with Crippen molar-refractivity contribution >= 4 is 21.8 Å². The first-order valence-corrected chi connectivity index (χ1v) is 5.46. The van der Waals surface area contributed by atoms with Gasteiger partial charge in [-0.25, -0.2) is 4.39 Å². The van der Waals surface area contributed by atoms with E-state index in [1.165, 1.54) is 12.1 Å². The second-order valence-electron chi connectivity index (χ2n) is 3.14. The van der Waals surface area contributed by atoms with Crippen molar-refractivity contribution in [3.8, 4) is 5.75 Å². The molecule has 1 aromatic carbocycles. The second kappa shape index (κ2) is 5.69. The van der Waals surface area contributed by atoms with Gasteiger partial charge in [-0.2, -0.15) is 0 Å². The van der Waals surface area contributed by atoms with Crippen LogP contribution in [0, 0.1) is 5.82 Å². The van der Waals surface area contributed by atoms with Gasteiger partial charge in [0, 0.05) is 10.5 Å². The molecule has 1 aromatic rings. The summed E-state index contributed by atoms with van der Waals surface area (Å²) in [6.07, 6.45) is -0.0528. The standard InChI is InChI=1S/C10H12BrFN2O2/c1-2-9(10(13)14-15)16-8-4-6(11)3-7(12)5-8/h3-5,9,15H,2H2,1H3,(H2,13,14). The fourth-order valence-electron chi connectivity index (χ4n) is 1.18. The number of nitrogens with zero attached hydrogens (tertiary/aromatic N) is 1. The summed E-state index contributed by atoms with van der Waals surface area (Å²) >= 11 is 3.15. The second-order valence-corrected chi connectivity index (χ2v) is 4.06. The van der Waals surface area contributed by atoms with Crippen molar-refractivity contribution in [2.24, 2.45) is 10.9 Å². The summed E-state index contributed by atoms with van der Waals surface area (Å²) in [7, 11) is 0. The molecule has 0 fully saturated rings. The smallest absolute Gasteiger partial charge is 0.180 e. The van der Waals surface area contributed by atoms with Crippen LogP contribution in [-0.2, 0) is 0 Å². The molecule has 1 rings (SSSR count). The molecule has 6 heteroatoms. The first-order chi connectivity index (χ1) is 7.56. The van der Waals surface area contributed by atoms with Gasteiger partial charge in [0.25, 0.3) is 0 Å². The van der Waals surface area contributed by atoms with E-state index in [9.17, 15) is 4.39 Å². The Hall–Kier alpha value is -1.30. The van der Waals surface area contributed by atoms with Crippen LogP contribution in [-0.4, -0.2) is 17.1 Å². The molecular weight excluding hydrogens is 279 g/mol. The van der Waals surface area contributed by atoms with E-state index in [0.29, 0.717) is 16.6 Å². The first kappa shape index (κ1) is 12.8. The highest BCUT2D eigenvalue weighted by molar-refractivity contribution is 9.10. The fraction of sp³-hybridized carbons (Fsp3) is 0.300. The van der Waals surface area contributed by atoms with Crippen LogP contribution >= 0.6 is 15.9 Å². The fourth-order valence-corrected chi connectivity index (χ4v) is 1.62. The van der Waals surface area contributed by atoms with Crippen LogP contribution in [0.25, 0.3) is 0 Å². The third-order valence-electron chi connectivity index (χ3n) is 1.93. The van der Waals surface area contributed by atoms with Crippen LogP contribution in [0.15, 0.2) is 27.8 Å². The maximum atomic E-state index is 13.0. The van der Waals surface area contributed by atoms with E-state index in [2.05, 4.69) is 21.1 Å². The van der Waals surface area contributed by atoms with Crippen molar-refractivity contribution < 1.29 is 14.3 Å². The Morgan fingerprint density at radius 2 is 2.31 bits per heavy atom. The molecule has 0 spiro atoms. The number of oxime groups is 1. The number of halogens is 2. The molecule has 0 aromatic heterocycles. The van der Waals surface area contributed by atoms with Gasteiger partial charge in [-0.05, 0) is 18.6 Å². The maximum absolute atomic E-state index is 13.0. The number of rotatable bonds is 4. The third-order valence-corrected chi connectivity index (χ3v) is 2.39. The minimum atomic E-state index is -0.571. The van der Waals surface area contributed by atoms with Gasteiger partial charge in [-0.3, -0.25) is 0 Å². The van der Waals surface area contributed by atoms with Crippen molar-refractivity contribution in [1.82, 2.24) is 0 Å². The van der Waals surface area contributed by atoms with Gasteiger partial charge in [0.15, 0.2) is 11.9 Å². The quantitative estimate of drug-likeness (QED) is 0.387. The molecule has 0 radical (unpaired) electrons. The van der Waals surface area contributed by atoms with Gasteiger partial charge < -0.3 is 15.7 Å². The first-order valence-electron chi connectivity index (χ1n) is 4.67. The lowest BCUT2D eigenvalue weighted by atomic mass is 10.2. The largest absolute Gasteiger partial charge is 0.482 e. The van der Waals surface area contributed by atoms with Crippen molar-refractivity contribution in [2.45, 2.75) is 19.4 Å². The van der Waals surface area contributed by atoms with E-state index >= 15 is 0 Å². The zero-order valence-electron chi connectivity index (χ0n) is 8.65. The molecule has 1 atom stereocenters. The minimum Gasteiger partial charge on any atom is -0.482 e. The molecule has 0 amide bonds. The highest BCUT2D eigenvalue weighted by atomic mass is 79.9. The van der Waals surface area contributed by atoms with Crippen LogP contribution in [0.2, 0.25) is 0 Å². The Labute approximate surface area is 101 Å².